The molecule has 3 aliphatic heterocycles. The average Bonchev–Trinajstić information content (AvgIpc) is 3.37. The fourth-order valence-electron chi connectivity index (χ4n) is 5.42. The first kappa shape index (κ1) is 26.9. The smallest absolute Gasteiger partial charge is 0.338 e. The molecule has 1 unspecified atom stereocenters. The van der Waals surface area contributed by atoms with Crippen LogP contribution in [-0.2, 0) is 14.3 Å². The topological polar surface area (TPSA) is 74.7 Å². The predicted octanol–water partition coefficient (Wildman–Crippen LogP) is 4.88. The van der Waals surface area contributed by atoms with Gasteiger partial charge in [0.1, 0.15) is 5.75 Å². The quantitative estimate of drug-likeness (QED) is 0.458. The second-order valence-electron chi connectivity index (χ2n) is 9.73. The Morgan fingerprint density at radius 2 is 1.82 bits per heavy atom. The van der Waals surface area contributed by atoms with Crippen molar-refractivity contribution < 1.29 is 19.1 Å². The summed E-state index contributed by atoms with van der Waals surface area (Å²) in [6, 6.07) is 15.7. The standard InChI is InChI=1S/C30H34N4O4S/c1-5-23-27(29(36)38-4)28(21-10-8-9-20(2)17-21)34-22(19-39-30(34)31-23)18-26(35)33-15-13-32(14-16-33)24-11-6-7-12-25(24)37-3/h6-12,17,19,28H,5,13-16,18H2,1-4H3. The van der Waals surface area contributed by atoms with E-state index in [-0.39, 0.29) is 12.3 Å². The second kappa shape index (κ2) is 11.6. The van der Waals surface area contributed by atoms with E-state index in [0.717, 1.165) is 52.2 Å². The zero-order valence-electron chi connectivity index (χ0n) is 22.8. The van der Waals surface area contributed by atoms with Gasteiger partial charge in [0.15, 0.2) is 5.17 Å². The highest BCUT2D eigenvalue weighted by molar-refractivity contribution is 8.16. The average molecular weight is 547 g/mol. The summed E-state index contributed by atoms with van der Waals surface area (Å²) in [5, 5.41) is 2.78. The van der Waals surface area contributed by atoms with E-state index >= 15 is 0 Å². The molecule has 204 valence electrons. The number of fused-ring (bicyclic) bond motifs is 1. The number of hydrogen-bond acceptors (Lipinski definition) is 8. The molecule has 0 aromatic heterocycles. The Balaban J connectivity index is 1.36. The zero-order chi connectivity index (χ0) is 27.5. The number of para-hydroxylation sites is 2. The van der Waals surface area contributed by atoms with Crippen LogP contribution in [0.25, 0.3) is 0 Å². The van der Waals surface area contributed by atoms with Gasteiger partial charge in [-0.05, 0) is 36.4 Å². The zero-order valence-corrected chi connectivity index (χ0v) is 23.7. The molecule has 0 aliphatic carbocycles. The number of benzene rings is 2. The predicted molar refractivity (Wildman–Crippen MR) is 155 cm³/mol. The van der Waals surface area contributed by atoms with Crippen molar-refractivity contribution in [3.63, 3.8) is 0 Å². The number of nitrogens with zero attached hydrogens (tertiary/aromatic N) is 4. The summed E-state index contributed by atoms with van der Waals surface area (Å²) < 4.78 is 10.7. The number of esters is 1. The van der Waals surface area contributed by atoms with Crippen molar-refractivity contribution in [1.82, 2.24) is 9.80 Å². The SMILES string of the molecule is CCC1=C(C(=O)OC)C(c2cccc(C)c2)N2C(CC(=O)N3CCN(c4ccccc4OC)CC3)=CSC2=N1. The molecule has 2 aromatic rings. The number of aliphatic imine (C=N–C) groups is 1. The molecule has 3 aliphatic rings. The van der Waals surface area contributed by atoms with Crippen LogP contribution in [0.1, 0.15) is 36.9 Å². The lowest BCUT2D eigenvalue weighted by Crippen LogP contribution is -2.49. The number of carbonyl (C=O) groups is 2. The lowest BCUT2D eigenvalue weighted by molar-refractivity contribution is -0.136. The normalized spacial score (nSPS) is 19.0. The van der Waals surface area contributed by atoms with Gasteiger partial charge in [-0.3, -0.25) is 4.79 Å². The lowest BCUT2D eigenvalue weighted by atomic mass is 9.92. The van der Waals surface area contributed by atoms with Gasteiger partial charge in [-0.1, -0.05) is 60.6 Å². The van der Waals surface area contributed by atoms with Crippen molar-refractivity contribution >= 4 is 34.5 Å². The molecule has 8 nitrogen and oxygen atoms in total. The van der Waals surface area contributed by atoms with Crippen LogP contribution in [0.15, 0.2) is 75.9 Å². The van der Waals surface area contributed by atoms with E-state index < -0.39 is 12.0 Å². The molecule has 0 N–H and O–H groups in total. The Labute approximate surface area is 234 Å². The molecule has 0 bridgehead atoms. The number of amidine groups is 1. The van der Waals surface area contributed by atoms with Crippen molar-refractivity contribution in [2.45, 2.75) is 32.7 Å². The van der Waals surface area contributed by atoms with E-state index in [1.807, 2.05) is 65.5 Å². The molecule has 1 fully saturated rings. The van der Waals surface area contributed by atoms with Crippen LogP contribution in [0.5, 0.6) is 5.75 Å². The number of allylic oxidation sites excluding steroid dienone is 1. The van der Waals surface area contributed by atoms with E-state index in [9.17, 15) is 9.59 Å². The number of carbonyl (C=O) groups excluding carboxylic acids is 2. The van der Waals surface area contributed by atoms with Gasteiger partial charge in [-0.15, -0.1) is 0 Å². The largest absolute Gasteiger partial charge is 0.495 e. The van der Waals surface area contributed by atoms with E-state index in [2.05, 4.69) is 17.0 Å². The van der Waals surface area contributed by atoms with Crippen LogP contribution in [0, 0.1) is 6.92 Å². The third kappa shape index (κ3) is 5.28. The van der Waals surface area contributed by atoms with E-state index in [4.69, 9.17) is 14.5 Å². The summed E-state index contributed by atoms with van der Waals surface area (Å²) in [5.41, 5.74) is 5.21. The van der Waals surface area contributed by atoms with Gasteiger partial charge in [0.05, 0.1) is 43.6 Å². The molecule has 1 saturated heterocycles. The minimum atomic E-state index is -0.406. The Morgan fingerprint density at radius 3 is 2.51 bits per heavy atom. The fourth-order valence-corrected chi connectivity index (χ4v) is 6.36. The molecule has 0 saturated carbocycles. The summed E-state index contributed by atoms with van der Waals surface area (Å²) >= 11 is 1.50. The minimum absolute atomic E-state index is 0.0654. The number of methoxy groups -OCH3 is 2. The molecule has 1 atom stereocenters. The van der Waals surface area contributed by atoms with E-state index in [1.54, 1.807) is 7.11 Å². The number of thioether (sulfide) groups is 1. The first-order valence-corrected chi connectivity index (χ1v) is 14.1. The summed E-state index contributed by atoms with van der Waals surface area (Å²) in [6.45, 7) is 6.76. The van der Waals surface area contributed by atoms with Gasteiger partial charge < -0.3 is 24.2 Å². The third-order valence-corrected chi connectivity index (χ3v) is 8.27. The number of aryl methyl sites for hydroxylation is 1. The summed E-state index contributed by atoms with van der Waals surface area (Å²) in [7, 11) is 3.08. The van der Waals surface area contributed by atoms with Gasteiger partial charge in [-0.25, -0.2) is 9.79 Å². The molecular formula is C30H34N4O4S. The second-order valence-corrected chi connectivity index (χ2v) is 10.6. The van der Waals surface area contributed by atoms with E-state index in [0.29, 0.717) is 25.1 Å². The maximum Gasteiger partial charge on any atom is 0.338 e. The molecular weight excluding hydrogens is 512 g/mol. The highest BCUT2D eigenvalue weighted by Crippen LogP contribution is 2.45. The van der Waals surface area contributed by atoms with Crippen molar-refractivity contribution in [3.8, 4) is 5.75 Å². The van der Waals surface area contributed by atoms with Crippen LogP contribution in [0.4, 0.5) is 5.69 Å². The number of rotatable bonds is 7. The Bertz CT molecular complexity index is 1360. The van der Waals surface area contributed by atoms with Gasteiger partial charge >= 0.3 is 5.97 Å². The highest BCUT2D eigenvalue weighted by Gasteiger charge is 2.42. The van der Waals surface area contributed by atoms with Crippen molar-refractivity contribution in [2.75, 3.05) is 45.3 Å². The maximum atomic E-state index is 13.5. The van der Waals surface area contributed by atoms with Crippen molar-refractivity contribution in [2.24, 2.45) is 4.99 Å². The van der Waals surface area contributed by atoms with Crippen LogP contribution in [-0.4, -0.2) is 67.2 Å². The number of piperazine rings is 1. The minimum Gasteiger partial charge on any atom is -0.495 e. The molecule has 0 radical (unpaired) electrons. The first-order valence-electron chi connectivity index (χ1n) is 13.2. The first-order chi connectivity index (χ1) is 18.9. The lowest BCUT2D eigenvalue weighted by Gasteiger charge is -2.38. The van der Waals surface area contributed by atoms with Gasteiger partial charge in [0.25, 0.3) is 0 Å². The van der Waals surface area contributed by atoms with Gasteiger partial charge in [-0.2, -0.15) is 0 Å². The Hall–Kier alpha value is -3.72. The van der Waals surface area contributed by atoms with Crippen molar-refractivity contribution in [1.29, 1.82) is 0 Å². The van der Waals surface area contributed by atoms with Gasteiger partial charge in [0, 0.05) is 31.9 Å². The molecule has 1 amide bonds. The van der Waals surface area contributed by atoms with Crippen LogP contribution < -0.4 is 9.64 Å². The number of hydrogen-bond donors (Lipinski definition) is 0. The summed E-state index contributed by atoms with van der Waals surface area (Å²) in [6.07, 6.45) is 0.842. The number of anilines is 1. The molecule has 3 heterocycles. The van der Waals surface area contributed by atoms with Gasteiger partial charge in [0.2, 0.25) is 5.91 Å². The highest BCUT2D eigenvalue weighted by atomic mass is 32.2. The number of ether oxygens (including phenoxy) is 2. The molecule has 39 heavy (non-hydrogen) atoms. The van der Waals surface area contributed by atoms with Crippen molar-refractivity contribution in [3.05, 3.63) is 82.0 Å². The fraction of sp³-hybridized carbons (Fsp3) is 0.367. The molecule has 5 rings (SSSR count). The Morgan fingerprint density at radius 1 is 1.05 bits per heavy atom. The van der Waals surface area contributed by atoms with Crippen LogP contribution in [0.3, 0.4) is 0 Å². The van der Waals surface area contributed by atoms with Crippen LogP contribution in [0.2, 0.25) is 0 Å². The summed E-state index contributed by atoms with van der Waals surface area (Å²) in [5.74, 6) is 0.511. The maximum absolute atomic E-state index is 13.5. The molecule has 0 spiro atoms. The summed E-state index contributed by atoms with van der Waals surface area (Å²) in [4.78, 5) is 37.7. The monoisotopic (exact) mass is 546 g/mol. The number of amides is 1. The molecule has 2 aromatic carbocycles. The molecule has 9 heteroatoms. The Kier molecular flexibility index (Phi) is 7.97. The van der Waals surface area contributed by atoms with E-state index in [1.165, 1.54) is 18.9 Å². The van der Waals surface area contributed by atoms with Crippen LogP contribution >= 0.6 is 11.8 Å². The third-order valence-electron chi connectivity index (χ3n) is 7.38.